The van der Waals surface area contributed by atoms with E-state index in [1.807, 2.05) is 0 Å². The van der Waals surface area contributed by atoms with Gasteiger partial charge < -0.3 is 14.6 Å². The van der Waals surface area contributed by atoms with E-state index in [9.17, 15) is 14.3 Å². The van der Waals surface area contributed by atoms with E-state index in [0.29, 0.717) is 11.1 Å². The van der Waals surface area contributed by atoms with E-state index in [1.165, 1.54) is 13.2 Å². The molecule has 0 aliphatic rings. The molecule has 1 aromatic carbocycles. The molecule has 16 heavy (non-hydrogen) atoms. The minimum atomic E-state index is -0.598. The van der Waals surface area contributed by atoms with Crippen molar-refractivity contribution in [3.8, 4) is 11.5 Å². The third kappa shape index (κ3) is 2.15. The van der Waals surface area contributed by atoms with Gasteiger partial charge in [-0.3, -0.25) is 0 Å². The minimum absolute atomic E-state index is 0.160. The highest BCUT2D eigenvalue weighted by Crippen LogP contribution is 2.39. The second-order valence-corrected chi connectivity index (χ2v) is 3.77. The van der Waals surface area contributed by atoms with Crippen molar-refractivity contribution in [2.75, 3.05) is 7.11 Å². The summed E-state index contributed by atoms with van der Waals surface area (Å²) in [4.78, 5) is 10.4. The number of phenols is 1. The van der Waals surface area contributed by atoms with Gasteiger partial charge in [-0.2, -0.15) is 0 Å². The minimum Gasteiger partial charge on any atom is -0.504 e. The predicted molar refractivity (Wildman–Crippen MR) is 58.4 cm³/mol. The van der Waals surface area contributed by atoms with Crippen molar-refractivity contribution in [2.45, 2.75) is 26.2 Å². The highest BCUT2D eigenvalue weighted by molar-refractivity contribution is 5.56. The number of carbonyl (C=O) groups excluding carboxylic acids is 1. The fourth-order valence-electron chi connectivity index (χ4n) is 1.83. The Morgan fingerprint density at radius 2 is 2.25 bits per heavy atom. The second-order valence-electron chi connectivity index (χ2n) is 3.77. The van der Waals surface area contributed by atoms with Crippen LogP contribution in [0.25, 0.3) is 0 Å². The lowest BCUT2D eigenvalue weighted by Gasteiger charge is -2.16. The molecule has 88 valence electrons. The van der Waals surface area contributed by atoms with Crippen molar-refractivity contribution in [1.82, 2.24) is 0 Å². The van der Waals surface area contributed by atoms with E-state index >= 15 is 0 Å². The van der Waals surface area contributed by atoms with Crippen LogP contribution in [0.15, 0.2) is 6.07 Å². The number of phenolic OH excluding ortho intramolecular Hbond substituents is 1. The molecule has 3 nitrogen and oxygen atoms in total. The summed E-state index contributed by atoms with van der Waals surface area (Å²) in [6.45, 7) is 3.49. The van der Waals surface area contributed by atoms with Crippen LogP contribution in [0.3, 0.4) is 0 Å². The largest absolute Gasteiger partial charge is 0.504 e. The molecule has 1 aromatic rings. The van der Waals surface area contributed by atoms with Gasteiger partial charge in [0.1, 0.15) is 6.29 Å². The van der Waals surface area contributed by atoms with Gasteiger partial charge in [0.05, 0.1) is 7.11 Å². The van der Waals surface area contributed by atoms with E-state index in [2.05, 4.69) is 0 Å². The molecule has 0 saturated carbocycles. The van der Waals surface area contributed by atoms with Crippen LogP contribution in [-0.2, 0) is 4.79 Å². The molecule has 0 heterocycles. The normalized spacial score (nSPS) is 12.2. The average Bonchev–Trinajstić information content (AvgIpc) is 2.17. The summed E-state index contributed by atoms with van der Waals surface area (Å²) < 4.78 is 18.2. The van der Waals surface area contributed by atoms with Crippen molar-refractivity contribution in [3.05, 3.63) is 23.0 Å². The molecule has 0 aromatic heterocycles. The molecule has 1 unspecified atom stereocenters. The van der Waals surface area contributed by atoms with Gasteiger partial charge in [0.2, 0.25) is 0 Å². The first-order valence-corrected chi connectivity index (χ1v) is 5.02. The Balaban J connectivity index is 3.32. The van der Waals surface area contributed by atoms with E-state index < -0.39 is 5.82 Å². The number of hydrogen-bond acceptors (Lipinski definition) is 3. The van der Waals surface area contributed by atoms with E-state index in [-0.39, 0.29) is 23.8 Å². The number of methoxy groups -OCH3 is 1. The number of aromatic hydroxyl groups is 1. The fraction of sp³-hybridized carbons (Fsp3) is 0.417. The van der Waals surface area contributed by atoms with Crippen LogP contribution >= 0.6 is 0 Å². The Labute approximate surface area is 93.9 Å². The number of halogens is 1. The van der Waals surface area contributed by atoms with Crippen LogP contribution in [0.2, 0.25) is 0 Å². The number of rotatable bonds is 4. The van der Waals surface area contributed by atoms with Gasteiger partial charge in [0.15, 0.2) is 17.3 Å². The topological polar surface area (TPSA) is 46.5 Å². The van der Waals surface area contributed by atoms with Gasteiger partial charge in [-0.25, -0.2) is 4.39 Å². The monoisotopic (exact) mass is 226 g/mol. The molecular weight excluding hydrogens is 211 g/mol. The zero-order valence-corrected chi connectivity index (χ0v) is 9.58. The van der Waals surface area contributed by atoms with Crippen molar-refractivity contribution in [1.29, 1.82) is 0 Å². The summed E-state index contributed by atoms with van der Waals surface area (Å²) in [7, 11) is 1.29. The first-order chi connectivity index (χ1) is 7.52. The second kappa shape index (κ2) is 4.96. The molecule has 0 saturated heterocycles. The van der Waals surface area contributed by atoms with Crippen LogP contribution in [0.5, 0.6) is 11.5 Å². The smallest absolute Gasteiger partial charge is 0.196 e. The predicted octanol–water partition coefficient (Wildman–Crippen LogP) is 2.54. The maximum atomic E-state index is 13.4. The molecule has 0 fully saturated rings. The van der Waals surface area contributed by atoms with Gasteiger partial charge in [-0.1, -0.05) is 6.92 Å². The zero-order chi connectivity index (χ0) is 12.3. The lowest BCUT2D eigenvalue weighted by molar-refractivity contribution is -0.108. The number of aldehydes is 1. The number of benzene rings is 1. The lowest BCUT2D eigenvalue weighted by Crippen LogP contribution is -2.01. The third-order valence-corrected chi connectivity index (χ3v) is 2.60. The zero-order valence-electron chi connectivity index (χ0n) is 9.58. The number of carbonyl (C=O) groups is 1. The Morgan fingerprint density at radius 1 is 1.62 bits per heavy atom. The first-order valence-electron chi connectivity index (χ1n) is 5.02. The maximum Gasteiger partial charge on any atom is 0.196 e. The molecule has 0 bridgehead atoms. The Morgan fingerprint density at radius 3 is 2.75 bits per heavy atom. The fourth-order valence-corrected chi connectivity index (χ4v) is 1.83. The molecule has 1 rings (SSSR count). The van der Waals surface area contributed by atoms with E-state index in [1.54, 1.807) is 13.8 Å². The van der Waals surface area contributed by atoms with Crippen molar-refractivity contribution < 1.29 is 19.0 Å². The summed E-state index contributed by atoms with van der Waals surface area (Å²) in [6.07, 6.45) is 1.06. The van der Waals surface area contributed by atoms with Gasteiger partial charge in [-0.15, -0.1) is 0 Å². The van der Waals surface area contributed by atoms with Crippen LogP contribution in [0.1, 0.15) is 30.4 Å². The summed E-state index contributed by atoms with van der Waals surface area (Å²) in [5.41, 5.74) is 1.18. The summed E-state index contributed by atoms with van der Waals surface area (Å²) >= 11 is 0. The molecule has 1 N–H and O–H groups in total. The molecule has 4 heteroatoms. The highest BCUT2D eigenvalue weighted by Gasteiger charge is 2.20. The Hall–Kier alpha value is -1.58. The van der Waals surface area contributed by atoms with Crippen LogP contribution in [-0.4, -0.2) is 18.5 Å². The summed E-state index contributed by atoms with van der Waals surface area (Å²) in [5.74, 6) is -1.14. The SMILES string of the molecule is COc1c(F)cc(C)c(C(C)CC=O)c1O. The lowest BCUT2D eigenvalue weighted by atomic mass is 9.92. The van der Waals surface area contributed by atoms with Crippen molar-refractivity contribution >= 4 is 6.29 Å². The van der Waals surface area contributed by atoms with Crippen LogP contribution < -0.4 is 4.74 Å². The van der Waals surface area contributed by atoms with Crippen LogP contribution in [0.4, 0.5) is 4.39 Å². The van der Waals surface area contributed by atoms with E-state index in [0.717, 1.165) is 6.29 Å². The van der Waals surface area contributed by atoms with Crippen molar-refractivity contribution in [2.24, 2.45) is 0 Å². The molecule has 0 spiro atoms. The van der Waals surface area contributed by atoms with Gasteiger partial charge in [0.25, 0.3) is 0 Å². The quantitative estimate of drug-likeness (QED) is 0.802. The summed E-state index contributed by atoms with van der Waals surface area (Å²) in [5, 5.41) is 9.87. The average molecular weight is 226 g/mol. The van der Waals surface area contributed by atoms with Crippen LogP contribution in [0, 0.1) is 12.7 Å². The molecular formula is C12H15FO3. The summed E-state index contributed by atoms with van der Waals surface area (Å²) in [6, 6.07) is 1.30. The molecule has 0 radical (unpaired) electrons. The maximum absolute atomic E-state index is 13.4. The first kappa shape index (κ1) is 12.5. The number of ether oxygens (including phenoxy) is 1. The molecule has 1 atom stereocenters. The standard InChI is InChI=1S/C12H15FO3/c1-7(4-5-14)10-8(2)6-9(13)12(16-3)11(10)15/h5-7,15H,4H2,1-3H3. The van der Waals surface area contributed by atoms with Gasteiger partial charge in [0, 0.05) is 12.0 Å². The number of aryl methyl sites for hydroxylation is 1. The molecule has 0 aliphatic heterocycles. The van der Waals surface area contributed by atoms with Gasteiger partial charge >= 0.3 is 0 Å². The van der Waals surface area contributed by atoms with Crippen molar-refractivity contribution in [3.63, 3.8) is 0 Å². The Bertz CT molecular complexity index is 402. The number of hydrogen-bond donors (Lipinski definition) is 1. The molecule has 0 amide bonds. The van der Waals surface area contributed by atoms with E-state index in [4.69, 9.17) is 4.74 Å². The Kier molecular flexibility index (Phi) is 3.88. The van der Waals surface area contributed by atoms with Gasteiger partial charge in [-0.05, 0) is 24.5 Å². The highest BCUT2D eigenvalue weighted by atomic mass is 19.1. The third-order valence-electron chi connectivity index (χ3n) is 2.60. The molecule has 0 aliphatic carbocycles.